The molecule has 4 heteroatoms. The maximum atomic E-state index is 6.78. The number of nitrogens with zero attached hydrogens (tertiary/aromatic N) is 1. The van der Waals surface area contributed by atoms with Gasteiger partial charge in [0.25, 0.3) is 0 Å². The van der Waals surface area contributed by atoms with Gasteiger partial charge in [0.1, 0.15) is 0 Å². The van der Waals surface area contributed by atoms with Gasteiger partial charge in [-0.1, -0.05) is 79.8 Å². The molecule has 0 saturated heterocycles. The first-order chi connectivity index (χ1) is 17.4. The van der Waals surface area contributed by atoms with Crippen LogP contribution >= 0.6 is 23.8 Å². The summed E-state index contributed by atoms with van der Waals surface area (Å²) in [6.07, 6.45) is 7.73. The number of hydrogen-bond acceptors (Lipinski definition) is 3. The summed E-state index contributed by atoms with van der Waals surface area (Å²) in [6, 6.07) is 17.1. The Morgan fingerprint density at radius 3 is 2.64 bits per heavy atom. The molecule has 1 fully saturated rings. The van der Waals surface area contributed by atoms with E-state index in [2.05, 4.69) is 56.8 Å². The van der Waals surface area contributed by atoms with Crippen LogP contribution in [0.25, 0.3) is 11.8 Å². The lowest BCUT2D eigenvalue weighted by Gasteiger charge is -2.17. The van der Waals surface area contributed by atoms with Crippen LogP contribution in [0, 0.1) is 12.8 Å². The van der Waals surface area contributed by atoms with Crippen LogP contribution in [0.5, 0.6) is 0 Å². The average molecular weight is 513 g/mol. The summed E-state index contributed by atoms with van der Waals surface area (Å²) in [7, 11) is 0. The Bertz CT molecular complexity index is 1360. The molecule has 0 bridgehead atoms. The lowest BCUT2D eigenvalue weighted by molar-refractivity contribution is 0.721. The SMILES string of the molecule is C=Cc1ccc2c(c1)Cc1ccc(CCC(C(=S)C3CC3)=C(N)c3c(C)cccc3Cl)nc1[C@@H](C)C2. The number of pyridine rings is 1. The van der Waals surface area contributed by atoms with E-state index in [1.54, 1.807) is 0 Å². The van der Waals surface area contributed by atoms with E-state index in [4.69, 9.17) is 34.5 Å². The van der Waals surface area contributed by atoms with Crippen molar-refractivity contribution in [2.24, 2.45) is 11.7 Å². The van der Waals surface area contributed by atoms with Crippen LogP contribution in [0.3, 0.4) is 0 Å². The van der Waals surface area contributed by atoms with E-state index in [1.807, 2.05) is 18.2 Å². The lowest BCUT2D eigenvalue weighted by Crippen LogP contribution is -2.13. The Morgan fingerprint density at radius 2 is 1.92 bits per heavy atom. The second-order valence-electron chi connectivity index (χ2n) is 10.3. The summed E-state index contributed by atoms with van der Waals surface area (Å²) in [5.41, 5.74) is 18.2. The molecule has 36 heavy (non-hydrogen) atoms. The van der Waals surface area contributed by atoms with Crippen molar-refractivity contribution in [1.29, 1.82) is 0 Å². The van der Waals surface area contributed by atoms with Crippen molar-refractivity contribution in [3.8, 4) is 0 Å². The minimum atomic E-state index is 0.370. The summed E-state index contributed by atoms with van der Waals surface area (Å²) in [6.45, 7) is 8.28. The lowest BCUT2D eigenvalue weighted by atomic mass is 9.94. The van der Waals surface area contributed by atoms with E-state index in [0.29, 0.717) is 16.9 Å². The molecule has 2 N–H and O–H groups in total. The molecular formula is C32H33ClN2S. The molecule has 2 aliphatic carbocycles. The van der Waals surface area contributed by atoms with Gasteiger partial charge in [-0.05, 0) is 96.9 Å². The van der Waals surface area contributed by atoms with Crippen LogP contribution in [0.15, 0.2) is 60.7 Å². The molecule has 0 unspecified atom stereocenters. The quantitative estimate of drug-likeness (QED) is 0.257. The fraction of sp³-hybridized carbons (Fsp3) is 0.312. The third-order valence-corrected chi connectivity index (χ3v) is 8.50. The van der Waals surface area contributed by atoms with E-state index >= 15 is 0 Å². The molecule has 2 nitrogen and oxygen atoms in total. The number of hydrogen-bond donors (Lipinski definition) is 1. The number of benzene rings is 2. The molecule has 1 heterocycles. The Hall–Kier alpha value is -2.75. The first-order valence-electron chi connectivity index (χ1n) is 12.9. The number of aryl methyl sites for hydroxylation is 2. The van der Waals surface area contributed by atoms with Crippen molar-refractivity contribution >= 4 is 40.5 Å². The van der Waals surface area contributed by atoms with Gasteiger partial charge < -0.3 is 5.73 Å². The van der Waals surface area contributed by atoms with E-state index in [1.165, 1.54) is 27.9 Å². The third kappa shape index (κ3) is 5.05. The van der Waals surface area contributed by atoms with Crippen LogP contribution < -0.4 is 5.73 Å². The first-order valence-corrected chi connectivity index (χ1v) is 13.7. The number of aromatic nitrogens is 1. The van der Waals surface area contributed by atoms with E-state index in [0.717, 1.165) is 71.5 Å². The highest BCUT2D eigenvalue weighted by Crippen LogP contribution is 2.38. The number of nitrogens with two attached hydrogens (primary N) is 1. The zero-order valence-corrected chi connectivity index (χ0v) is 22.7. The monoisotopic (exact) mass is 512 g/mol. The number of rotatable bonds is 7. The zero-order valence-electron chi connectivity index (χ0n) is 21.1. The highest BCUT2D eigenvalue weighted by Gasteiger charge is 2.30. The molecule has 0 amide bonds. The molecular weight excluding hydrogens is 480 g/mol. The molecule has 1 aromatic heterocycles. The Morgan fingerprint density at radius 1 is 1.14 bits per heavy atom. The largest absolute Gasteiger partial charge is 0.398 e. The predicted octanol–water partition coefficient (Wildman–Crippen LogP) is 8.02. The number of thiocarbonyl (C=S) groups is 1. The van der Waals surface area contributed by atoms with Crippen LogP contribution in [0.1, 0.15) is 76.9 Å². The minimum Gasteiger partial charge on any atom is -0.398 e. The van der Waals surface area contributed by atoms with Gasteiger partial charge in [0.05, 0.1) is 5.02 Å². The molecule has 0 aliphatic heterocycles. The Kier molecular flexibility index (Phi) is 7.14. The van der Waals surface area contributed by atoms with Crippen molar-refractivity contribution in [2.75, 3.05) is 0 Å². The zero-order chi connectivity index (χ0) is 25.4. The normalized spacial score (nSPS) is 17.5. The molecule has 184 valence electrons. The third-order valence-electron chi connectivity index (χ3n) is 7.60. The fourth-order valence-electron chi connectivity index (χ4n) is 5.39. The Balaban J connectivity index is 1.43. The van der Waals surface area contributed by atoms with Gasteiger partial charge in [0.2, 0.25) is 0 Å². The molecule has 0 spiro atoms. The number of halogens is 1. The van der Waals surface area contributed by atoms with E-state index in [9.17, 15) is 0 Å². The second-order valence-corrected chi connectivity index (χ2v) is 11.2. The van der Waals surface area contributed by atoms with Gasteiger partial charge in [-0.3, -0.25) is 4.98 Å². The maximum Gasteiger partial charge on any atom is 0.0501 e. The molecule has 1 atom stereocenters. The highest BCUT2D eigenvalue weighted by atomic mass is 35.5. The maximum absolute atomic E-state index is 6.78. The van der Waals surface area contributed by atoms with Crippen LogP contribution in [-0.4, -0.2) is 9.85 Å². The standard InChI is InChI=1S/C32H33ClN2S/c1-4-21-8-9-23-16-20(3)31-24(18-25(23)17-21)12-13-26(35-31)14-15-27(32(36)22-10-11-22)30(34)29-19(2)6-5-7-28(29)33/h4-9,12-13,17,20,22H,1,10-11,14-16,18,34H2,2-3H3/t20-/m0/s1. The molecule has 3 aromatic rings. The molecule has 5 rings (SSSR count). The van der Waals surface area contributed by atoms with E-state index < -0.39 is 0 Å². The Labute approximate surface area is 225 Å². The van der Waals surface area contributed by atoms with Gasteiger partial charge in [-0.25, -0.2) is 0 Å². The van der Waals surface area contributed by atoms with Crippen LogP contribution in [-0.2, 0) is 19.3 Å². The summed E-state index contributed by atoms with van der Waals surface area (Å²) in [4.78, 5) is 6.19. The topological polar surface area (TPSA) is 38.9 Å². The smallest absolute Gasteiger partial charge is 0.0501 e. The van der Waals surface area contributed by atoms with Gasteiger partial charge >= 0.3 is 0 Å². The van der Waals surface area contributed by atoms with Gasteiger partial charge in [-0.15, -0.1) is 0 Å². The molecule has 2 aliphatic rings. The van der Waals surface area contributed by atoms with E-state index in [-0.39, 0.29) is 0 Å². The number of fused-ring (bicyclic) bond motifs is 2. The molecule has 1 saturated carbocycles. The van der Waals surface area contributed by atoms with Crippen molar-refractivity contribution in [3.63, 3.8) is 0 Å². The summed E-state index contributed by atoms with van der Waals surface area (Å²) in [5, 5.41) is 0.680. The summed E-state index contributed by atoms with van der Waals surface area (Å²) < 4.78 is 0. The highest BCUT2D eigenvalue weighted by molar-refractivity contribution is 7.81. The van der Waals surface area contributed by atoms with Gasteiger partial charge in [-0.2, -0.15) is 0 Å². The number of allylic oxidation sites excluding steroid dienone is 1. The van der Waals surface area contributed by atoms with Gasteiger partial charge in [0, 0.05) is 33.4 Å². The van der Waals surface area contributed by atoms with Crippen LogP contribution in [0.4, 0.5) is 0 Å². The average Bonchev–Trinajstić information content (AvgIpc) is 3.71. The molecule has 2 aromatic carbocycles. The minimum absolute atomic E-state index is 0.370. The first kappa shape index (κ1) is 24.9. The van der Waals surface area contributed by atoms with Crippen LogP contribution in [0.2, 0.25) is 5.02 Å². The fourth-order valence-corrected chi connectivity index (χ4v) is 6.16. The van der Waals surface area contributed by atoms with Crippen molar-refractivity contribution in [1.82, 2.24) is 4.98 Å². The molecule has 0 radical (unpaired) electrons. The van der Waals surface area contributed by atoms with Crippen molar-refractivity contribution < 1.29 is 0 Å². The summed E-state index contributed by atoms with van der Waals surface area (Å²) in [5.74, 6) is 0.838. The van der Waals surface area contributed by atoms with Gasteiger partial charge in [0.15, 0.2) is 0 Å². The summed E-state index contributed by atoms with van der Waals surface area (Å²) >= 11 is 12.5. The van der Waals surface area contributed by atoms with Crippen molar-refractivity contribution in [2.45, 2.75) is 58.3 Å². The second kappa shape index (κ2) is 10.3. The predicted molar refractivity (Wildman–Crippen MR) is 157 cm³/mol. The van der Waals surface area contributed by atoms with Crippen molar-refractivity contribution in [3.05, 3.63) is 110 Å².